The van der Waals surface area contributed by atoms with E-state index < -0.39 is 23.5 Å². The van der Waals surface area contributed by atoms with Gasteiger partial charge in [0.15, 0.2) is 11.5 Å². The Morgan fingerprint density at radius 1 is 0.605 bits per heavy atom. The van der Waals surface area contributed by atoms with Crippen molar-refractivity contribution in [1.29, 1.82) is 10.5 Å². The number of hydrogen-bond donors (Lipinski definition) is 2. The summed E-state index contributed by atoms with van der Waals surface area (Å²) in [6.45, 7) is 0. The molecule has 2 unspecified atom stereocenters. The number of ether oxygens (including phenoxy) is 2. The van der Waals surface area contributed by atoms with Crippen LogP contribution in [-0.4, -0.2) is 0 Å². The predicted molar refractivity (Wildman–Crippen MR) is 135 cm³/mol. The average Bonchev–Trinajstić information content (AvgIpc) is 2.93. The number of fused-ring (bicyclic) bond motifs is 6. The van der Waals surface area contributed by atoms with E-state index in [1.807, 2.05) is 24.3 Å². The highest BCUT2D eigenvalue weighted by atomic mass is 19.1. The largest absolute Gasteiger partial charge is 0.436 e. The van der Waals surface area contributed by atoms with Gasteiger partial charge < -0.3 is 20.9 Å². The van der Waals surface area contributed by atoms with E-state index in [4.69, 9.17) is 20.9 Å². The number of nitrogens with two attached hydrogens (primary N) is 2. The summed E-state index contributed by atoms with van der Waals surface area (Å²) in [6, 6.07) is 23.4. The van der Waals surface area contributed by atoms with Crippen molar-refractivity contribution in [3.8, 4) is 23.6 Å². The van der Waals surface area contributed by atoms with Crippen LogP contribution in [0.3, 0.4) is 0 Å². The summed E-state index contributed by atoms with van der Waals surface area (Å²) in [5.41, 5.74) is 15.3. The van der Waals surface area contributed by atoms with Gasteiger partial charge >= 0.3 is 0 Å². The van der Waals surface area contributed by atoms with Crippen LogP contribution in [0.1, 0.15) is 34.1 Å². The highest BCUT2D eigenvalue weighted by molar-refractivity contribution is 5.97. The van der Waals surface area contributed by atoms with Crippen molar-refractivity contribution in [1.82, 2.24) is 0 Å². The van der Waals surface area contributed by atoms with Gasteiger partial charge in [0.1, 0.15) is 34.9 Å². The standard InChI is InChI=1S/C30H18F2N4O2/c31-17-9-5-15(6-10-17)23-21(13-33)29(35)37-27-25(23)19-3-1-2-4-20(19)26-24(16-7-11-18(32)12-8-16)22(14-34)30(36)38-28(26)27/h1-12,23-24H,35-36H2. The smallest absolute Gasteiger partial charge is 0.205 e. The van der Waals surface area contributed by atoms with Crippen LogP contribution in [0, 0.1) is 34.3 Å². The second kappa shape index (κ2) is 8.65. The van der Waals surface area contributed by atoms with Crippen molar-refractivity contribution in [3.05, 3.63) is 130 Å². The second-order valence-corrected chi connectivity index (χ2v) is 8.98. The summed E-state index contributed by atoms with van der Waals surface area (Å²) in [7, 11) is 0. The Hall–Kier alpha value is -5.34. The molecule has 2 aliphatic heterocycles. The fourth-order valence-corrected chi connectivity index (χ4v) is 5.34. The Balaban J connectivity index is 1.73. The first kappa shape index (κ1) is 23.1. The molecule has 4 N–H and O–H groups in total. The molecule has 0 amide bonds. The third kappa shape index (κ3) is 3.36. The summed E-state index contributed by atoms with van der Waals surface area (Å²) in [4.78, 5) is 0. The molecular formula is C30H18F2N4O2. The molecule has 6 nitrogen and oxygen atoms in total. The van der Waals surface area contributed by atoms with Gasteiger partial charge in [-0.3, -0.25) is 0 Å². The Morgan fingerprint density at radius 2 is 0.974 bits per heavy atom. The molecule has 0 aromatic heterocycles. The summed E-state index contributed by atoms with van der Waals surface area (Å²) in [5.74, 6) is -1.96. The van der Waals surface area contributed by atoms with Gasteiger partial charge in [-0.15, -0.1) is 0 Å². The Kier molecular flexibility index (Phi) is 5.25. The summed E-state index contributed by atoms with van der Waals surface area (Å²) in [5, 5.41) is 21.5. The van der Waals surface area contributed by atoms with Crippen LogP contribution in [0.5, 0.6) is 11.5 Å². The monoisotopic (exact) mass is 504 g/mol. The molecule has 0 aliphatic carbocycles. The van der Waals surface area contributed by atoms with Crippen LogP contribution < -0.4 is 20.9 Å². The zero-order valence-electron chi connectivity index (χ0n) is 19.7. The molecule has 0 spiro atoms. The molecule has 0 saturated heterocycles. The number of hydrogen-bond acceptors (Lipinski definition) is 6. The lowest BCUT2D eigenvalue weighted by Gasteiger charge is -2.34. The van der Waals surface area contributed by atoms with Crippen molar-refractivity contribution in [2.24, 2.45) is 11.5 Å². The normalized spacial score (nSPS) is 18.1. The quantitative estimate of drug-likeness (QED) is 0.369. The molecule has 2 aliphatic rings. The fourth-order valence-electron chi connectivity index (χ4n) is 5.34. The van der Waals surface area contributed by atoms with Gasteiger partial charge in [0.25, 0.3) is 0 Å². The van der Waals surface area contributed by atoms with Crippen LogP contribution in [0.15, 0.2) is 95.7 Å². The topological polar surface area (TPSA) is 118 Å². The van der Waals surface area contributed by atoms with Gasteiger partial charge in [0.2, 0.25) is 11.8 Å². The maximum absolute atomic E-state index is 13.8. The van der Waals surface area contributed by atoms with Gasteiger partial charge in [0, 0.05) is 11.1 Å². The van der Waals surface area contributed by atoms with E-state index in [1.165, 1.54) is 24.3 Å². The number of nitrogens with zero attached hydrogens (tertiary/aromatic N) is 2. The van der Waals surface area contributed by atoms with E-state index in [2.05, 4.69) is 12.1 Å². The fraction of sp³-hybridized carbons (Fsp3) is 0.0667. The molecular weight excluding hydrogens is 486 g/mol. The van der Waals surface area contributed by atoms with Crippen molar-refractivity contribution in [3.63, 3.8) is 0 Å². The molecule has 38 heavy (non-hydrogen) atoms. The minimum atomic E-state index is -0.685. The number of rotatable bonds is 2. The maximum atomic E-state index is 13.8. The second-order valence-electron chi connectivity index (χ2n) is 8.98. The van der Waals surface area contributed by atoms with Crippen molar-refractivity contribution in [2.75, 3.05) is 0 Å². The average molecular weight is 504 g/mol. The molecule has 2 heterocycles. The van der Waals surface area contributed by atoms with Crippen LogP contribution in [0.4, 0.5) is 8.78 Å². The highest BCUT2D eigenvalue weighted by Gasteiger charge is 2.41. The Bertz CT molecular complexity index is 1650. The van der Waals surface area contributed by atoms with Gasteiger partial charge in [-0.2, -0.15) is 10.5 Å². The summed E-state index contributed by atoms with van der Waals surface area (Å²) >= 11 is 0. The number of benzene rings is 4. The number of nitriles is 2. The predicted octanol–water partition coefficient (Wildman–Crippen LogP) is 5.55. The molecule has 0 saturated carbocycles. The molecule has 4 aromatic rings. The van der Waals surface area contributed by atoms with E-state index in [9.17, 15) is 19.3 Å². The first-order chi connectivity index (χ1) is 18.4. The van der Waals surface area contributed by atoms with E-state index in [0.717, 1.165) is 10.8 Å². The number of allylic oxidation sites excluding steroid dienone is 2. The molecule has 6 rings (SSSR count). The van der Waals surface area contributed by atoms with E-state index in [-0.39, 0.29) is 34.4 Å². The minimum Gasteiger partial charge on any atom is -0.436 e. The zero-order chi connectivity index (χ0) is 26.6. The lowest BCUT2D eigenvalue weighted by Crippen LogP contribution is -2.26. The number of halogens is 2. The molecule has 4 aromatic carbocycles. The van der Waals surface area contributed by atoms with Gasteiger partial charge in [-0.25, -0.2) is 8.78 Å². The molecule has 0 radical (unpaired) electrons. The molecule has 184 valence electrons. The summed E-state index contributed by atoms with van der Waals surface area (Å²) < 4.78 is 39.7. The SMILES string of the molecule is N#CC1=C(N)Oc2c3c(c4ccccc4c2C1c1ccc(F)cc1)C(c1ccc(F)cc1)C(C#N)=C(N)O3. The third-order valence-corrected chi connectivity index (χ3v) is 6.96. The first-order valence-corrected chi connectivity index (χ1v) is 11.7. The minimum absolute atomic E-state index is 0.123. The van der Waals surface area contributed by atoms with Gasteiger partial charge in [-0.05, 0) is 46.2 Å². The Labute approximate surface area is 216 Å². The zero-order valence-corrected chi connectivity index (χ0v) is 19.7. The van der Waals surface area contributed by atoms with Crippen molar-refractivity contribution in [2.45, 2.75) is 11.8 Å². The van der Waals surface area contributed by atoms with Gasteiger partial charge in [0.05, 0.1) is 11.8 Å². The molecule has 2 atom stereocenters. The summed E-state index contributed by atoms with van der Waals surface area (Å²) in [6.07, 6.45) is 0. The van der Waals surface area contributed by atoms with E-state index >= 15 is 0 Å². The molecule has 8 heteroatoms. The van der Waals surface area contributed by atoms with Crippen LogP contribution >= 0.6 is 0 Å². The van der Waals surface area contributed by atoms with Crippen LogP contribution in [-0.2, 0) is 0 Å². The van der Waals surface area contributed by atoms with E-state index in [0.29, 0.717) is 22.3 Å². The van der Waals surface area contributed by atoms with E-state index in [1.54, 1.807) is 24.3 Å². The van der Waals surface area contributed by atoms with Crippen molar-refractivity contribution >= 4 is 10.8 Å². The van der Waals surface area contributed by atoms with Crippen LogP contribution in [0.25, 0.3) is 10.8 Å². The first-order valence-electron chi connectivity index (χ1n) is 11.7. The van der Waals surface area contributed by atoms with Crippen molar-refractivity contribution < 1.29 is 18.3 Å². The van der Waals surface area contributed by atoms with Gasteiger partial charge in [-0.1, -0.05) is 48.5 Å². The Morgan fingerprint density at radius 3 is 1.32 bits per heavy atom. The maximum Gasteiger partial charge on any atom is 0.205 e. The molecule has 0 fully saturated rings. The lowest BCUT2D eigenvalue weighted by molar-refractivity contribution is 0.337. The molecule has 0 bridgehead atoms. The third-order valence-electron chi connectivity index (χ3n) is 6.96. The highest BCUT2D eigenvalue weighted by Crippen LogP contribution is 2.56. The lowest BCUT2D eigenvalue weighted by atomic mass is 9.76. The van der Waals surface area contributed by atoms with Crippen LogP contribution in [0.2, 0.25) is 0 Å².